The summed E-state index contributed by atoms with van der Waals surface area (Å²) in [6, 6.07) is 12.6. The van der Waals surface area contributed by atoms with Gasteiger partial charge in [-0.2, -0.15) is 0 Å². The van der Waals surface area contributed by atoms with Gasteiger partial charge in [0.05, 0.1) is 21.2 Å². The zero-order valence-electron chi connectivity index (χ0n) is 13.6. The second-order valence-corrected chi connectivity index (χ2v) is 7.66. The molecule has 2 aromatic rings. The highest BCUT2D eigenvalue weighted by molar-refractivity contribution is 7.92. The largest absolute Gasteiger partial charge is 0.396 e. The van der Waals surface area contributed by atoms with Crippen LogP contribution in [-0.4, -0.2) is 39.6 Å². The van der Waals surface area contributed by atoms with Crippen LogP contribution in [0.4, 0.5) is 5.69 Å². The summed E-state index contributed by atoms with van der Waals surface area (Å²) in [5.74, 6) is -0.488. The maximum atomic E-state index is 12.8. The zero-order chi connectivity index (χ0) is 18.4. The average molecular weight is 383 g/mol. The predicted octanol–water partition coefficient (Wildman–Crippen LogP) is 2.28. The Morgan fingerprint density at radius 3 is 2.52 bits per heavy atom. The minimum absolute atomic E-state index is 0.0319. The Morgan fingerprint density at radius 2 is 1.88 bits per heavy atom. The van der Waals surface area contributed by atoms with Crippen molar-refractivity contribution in [3.8, 4) is 0 Å². The van der Waals surface area contributed by atoms with E-state index in [9.17, 15) is 13.2 Å². The first-order valence-corrected chi connectivity index (χ1v) is 9.42. The molecule has 0 radical (unpaired) electrons. The number of anilines is 1. The summed E-state index contributed by atoms with van der Waals surface area (Å²) in [5, 5.41) is 11.5. The van der Waals surface area contributed by atoms with Crippen molar-refractivity contribution in [2.75, 3.05) is 24.5 Å². The number of benzene rings is 2. The molecular weight excluding hydrogens is 364 g/mol. The fourth-order valence-electron chi connectivity index (χ4n) is 2.15. The van der Waals surface area contributed by atoms with Crippen LogP contribution in [0.25, 0.3) is 0 Å². The van der Waals surface area contributed by atoms with Crippen molar-refractivity contribution in [3.05, 3.63) is 59.1 Å². The van der Waals surface area contributed by atoms with Crippen molar-refractivity contribution in [2.45, 2.75) is 11.3 Å². The summed E-state index contributed by atoms with van der Waals surface area (Å²) in [4.78, 5) is 12.1. The number of hydrogen-bond donors (Lipinski definition) is 2. The number of sulfonamides is 1. The maximum absolute atomic E-state index is 12.8. The number of amides is 1. The number of hydrogen-bond acceptors (Lipinski definition) is 4. The van der Waals surface area contributed by atoms with Crippen LogP contribution in [0.3, 0.4) is 0 Å². The lowest BCUT2D eigenvalue weighted by molar-refractivity contribution is 0.0951. The molecule has 25 heavy (non-hydrogen) atoms. The number of rotatable bonds is 7. The average Bonchev–Trinajstić information content (AvgIpc) is 2.62. The molecule has 0 heterocycles. The van der Waals surface area contributed by atoms with Crippen molar-refractivity contribution < 1.29 is 18.3 Å². The van der Waals surface area contributed by atoms with E-state index in [1.165, 1.54) is 25.2 Å². The number of carbonyl (C=O) groups is 1. The van der Waals surface area contributed by atoms with Crippen LogP contribution in [0.1, 0.15) is 16.8 Å². The minimum atomic E-state index is -3.84. The van der Waals surface area contributed by atoms with Gasteiger partial charge in [0.1, 0.15) is 0 Å². The fourth-order valence-corrected chi connectivity index (χ4v) is 3.58. The van der Waals surface area contributed by atoms with Gasteiger partial charge in [-0.25, -0.2) is 8.42 Å². The molecule has 6 nitrogen and oxygen atoms in total. The molecule has 0 aliphatic carbocycles. The molecule has 2 N–H and O–H groups in total. The van der Waals surface area contributed by atoms with E-state index in [1.54, 1.807) is 30.3 Å². The van der Waals surface area contributed by atoms with Crippen LogP contribution >= 0.6 is 11.6 Å². The molecular formula is C17H19ClN2O4S. The van der Waals surface area contributed by atoms with E-state index in [0.29, 0.717) is 12.1 Å². The molecule has 0 bridgehead atoms. The summed E-state index contributed by atoms with van der Waals surface area (Å²) >= 11 is 6.03. The number of para-hydroxylation sites is 1. The summed E-state index contributed by atoms with van der Waals surface area (Å²) in [6.07, 6.45) is 0.401. The smallest absolute Gasteiger partial charge is 0.264 e. The standard InChI is InChI=1S/C17H19ClN2O4S/c1-20(13-6-3-2-4-7-13)25(23,24)14-8-9-16(18)15(12-14)17(22)19-10-5-11-21/h2-4,6-9,12,21H,5,10-11H2,1H3,(H,19,22). The van der Waals surface area contributed by atoms with E-state index in [0.717, 1.165) is 4.31 Å². The zero-order valence-corrected chi connectivity index (χ0v) is 15.2. The van der Waals surface area contributed by atoms with Gasteiger partial charge in [0.2, 0.25) is 0 Å². The van der Waals surface area contributed by atoms with Crippen LogP contribution < -0.4 is 9.62 Å². The van der Waals surface area contributed by atoms with Crippen molar-refractivity contribution in [1.29, 1.82) is 0 Å². The predicted molar refractivity (Wildman–Crippen MR) is 97.5 cm³/mol. The molecule has 0 saturated heterocycles. The second-order valence-electron chi connectivity index (χ2n) is 5.28. The van der Waals surface area contributed by atoms with Crippen molar-refractivity contribution in [1.82, 2.24) is 5.32 Å². The van der Waals surface area contributed by atoms with Crippen molar-refractivity contribution >= 4 is 33.2 Å². The van der Waals surface area contributed by atoms with E-state index in [1.807, 2.05) is 0 Å². The van der Waals surface area contributed by atoms with Gasteiger partial charge in [-0.1, -0.05) is 29.8 Å². The Morgan fingerprint density at radius 1 is 1.20 bits per heavy atom. The molecule has 8 heteroatoms. The van der Waals surface area contributed by atoms with Gasteiger partial charge in [0.25, 0.3) is 15.9 Å². The van der Waals surface area contributed by atoms with Gasteiger partial charge in [-0.3, -0.25) is 9.10 Å². The van der Waals surface area contributed by atoms with Crippen molar-refractivity contribution in [2.24, 2.45) is 0 Å². The van der Waals surface area contributed by atoms with Crippen LogP contribution in [0, 0.1) is 0 Å². The molecule has 0 aromatic heterocycles. The van der Waals surface area contributed by atoms with Gasteiger partial charge in [-0.05, 0) is 36.8 Å². The Balaban J connectivity index is 2.33. The monoisotopic (exact) mass is 382 g/mol. The van der Waals surface area contributed by atoms with Crippen LogP contribution in [0.15, 0.2) is 53.4 Å². The number of nitrogens with zero attached hydrogens (tertiary/aromatic N) is 1. The first kappa shape index (κ1) is 19.2. The van der Waals surface area contributed by atoms with Crippen LogP contribution in [0.2, 0.25) is 5.02 Å². The van der Waals surface area contributed by atoms with Gasteiger partial charge >= 0.3 is 0 Å². The first-order valence-electron chi connectivity index (χ1n) is 7.60. The summed E-state index contributed by atoms with van der Waals surface area (Å²) in [6.45, 7) is 0.219. The highest BCUT2D eigenvalue weighted by Gasteiger charge is 2.23. The molecule has 1 amide bonds. The van der Waals surface area contributed by atoms with Crippen LogP contribution in [0.5, 0.6) is 0 Å². The SMILES string of the molecule is CN(c1ccccc1)S(=O)(=O)c1ccc(Cl)c(C(=O)NCCCO)c1. The van der Waals surface area contributed by atoms with Gasteiger partial charge in [-0.15, -0.1) is 0 Å². The minimum Gasteiger partial charge on any atom is -0.396 e. The molecule has 2 rings (SSSR count). The van der Waals surface area contributed by atoms with E-state index in [-0.39, 0.29) is 28.6 Å². The second kappa shape index (κ2) is 8.33. The Kier molecular flexibility index (Phi) is 6.41. The lowest BCUT2D eigenvalue weighted by atomic mass is 10.2. The highest BCUT2D eigenvalue weighted by atomic mass is 35.5. The summed E-state index contributed by atoms with van der Waals surface area (Å²) in [5.41, 5.74) is 0.577. The van der Waals surface area contributed by atoms with E-state index in [4.69, 9.17) is 16.7 Å². The topological polar surface area (TPSA) is 86.7 Å². The first-order chi connectivity index (χ1) is 11.9. The molecule has 0 saturated carbocycles. The normalized spacial score (nSPS) is 11.2. The van der Waals surface area contributed by atoms with E-state index < -0.39 is 15.9 Å². The molecule has 0 unspecified atom stereocenters. The third kappa shape index (κ3) is 4.50. The summed E-state index contributed by atoms with van der Waals surface area (Å²) in [7, 11) is -2.39. The molecule has 0 fully saturated rings. The number of carbonyl (C=O) groups excluding carboxylic acids is 1. The molecule has 0 atom stereocenters. The quantitative estimate of drug-likeness (QED) is 0.719. The van der Waals surface area contributed by atoms with Gasteiger partial charge in [0.15, 0.2) is 0 Å². The number of aliphatic hydroxyl groups excluding tert-OH is 1. The van der Waals surface area contributed by atoms with Gasteiger partial charge < -0.3 is 10.4 Å². The lowest BCUT2D eigenvalue weighted by Crippen LogP contribution is -2.28. The third-order valence-corrected chi connectivity index (χ3v) is 5.69. The number of nitrogens with one attached hydrogen (secondary N) is 1. The summed E-state index contributed by atoms with van der Waals surface area (Å²) < 4.78 is 26.7. The Labute approximate surface area is 152 Å². The molecule has 2 aromatic carbocycles. The number of halogens is 1. The Bertz CT molecular complexity index is 841. The molecule has 134 valence electrons. The number of aliphatic hydroxyl groups is 1. The molecule has 0 aliphatic heterocycles. The lowest BCUT2D eigenvalue weighted by Gasteiger charge is -2.20. The van der Waals surface area contributed by atoms with E-state index >= 15 is 0 Å². The Hall–Kier alpha value is -2.09. The highest BCUT2D eigenvalue weighted by Crippen LogP contribution is 2.25. The van der Waals surface area contributed by atoms with Gasteiger partial charge in [0, 0.05) is 20.2 Å². The van der Waals surface area contributed by atoms with E-state index in [2.05, 4.69) is 5.32 Å². The van der Waals surface area contributed by atoms with Crippen molar-refractivity contribution in [3.63, 3.8) is 0 Å². The molecule has 0 aliphatic rings. The third-order valence-electron chi connectivity index (χ3n) is 3.58. The fraction of sp³-hybridized carbons (Fsp3) is 0.235. The maximum Gasteiger partial charge on any atom is 0.264 e. The molecule has 0 spiro atoms. The van der Waals surface area contributed by atoms with Crippen LogP contribution in [-0.2, 0) is 10.0 Å².